The maximum Gasteiger partial charge on any atom is 0.314 e. The second-order valence-electron chi connectivity index (χ2n) is 6.36. The fourth-order valence-electron chi connectivity index (χ4n) is 3.48. The first-order valence-electron chi connectivity index (χ1n) is 8.36. The molecular formula is C19H16FN3O3. The Morgan fingerprint density at radius 2 is 1.77 bits per heavy atom. The third kappa shape index (κ3) is 2.81. The summed E-state index contributed by atoms with van der Waals surface area (Å²) in [5.74, 6) is -2.41. The van der Waals surface area contributed by atoms with Crippen LogP contribution in [-0.2, 0) is 27.2 Å². The molecule has 0 spiro atoms. The molecule has 4 rings (SSSR count). The lowest BCUT2D eigenvalue weighted by atomic mass is 9.99. The molecule has 2 aromatic carbocycles. The molecule has 132 valence electrons. The van der Waals surface area contributed by atoms with E-state index >= 15 is 0 Å². The number of anilines is 3. The smallest absolute Gasteiger partial charge is 0.314 e. The summed E-state index contributed by atoms with van der Waals surface area (Å²) in [6.07, 6.45) is 1.98. The summed E-state index contributed by atoms with van der Waals surface area (Å²) in [4.78, 5) is 38.0. The van der Waals surface area contributed by atoms with E-state index in [-0.39, 0.29) is 11.6 Å². The van der Waals surface area contributed by atoms with Gasteiger partial charge in [-0.15, -0.1) is 0 Å². The van der Waals surface area contributed by atoms with Crippen molar-refractivity contribution in [1.82, 2.24) is 0 Å². The zero-order valence-corrected chi connectivity index (χ0v) is 13.8. The van der Waals surface area contributed by atoms with E-state index in [1.807, 2.05) is 0 Å². The number of hydrogen-bond acceptors (Lipinski definition) is 3. The molecule has 26 heavy (non-hydrogen) atoms. The normalized spacial score (nSPS) is 14.8. The number of benzene rings is 2. The van der Waals surface area contributed by atoms with E-state index in [0.717, 1.165) is 36.2 Å². The number of aryl methyl sites for hydroxylation is 1. The summed E-state index contributed by atoms with van der Waals surface area (Å²) in [5, 5.41) is 4.78. The largest absolute Gasteiger partial charge is 0.318 e. The summed E-state index contributed by atoms with van der Waals surface area (Å²) >= 11 is 0. The molecule has 2 aromatic rings. The van der Waals surface area contributed by atoms with Gasteiger partial charge in [0, 0.05) is 12.2 Å². The minimum atomic E-state index is -0.957. The van der Waals surface area contributed by atoms with Crippen LogP contribution in [-0.4, -0.2) is 24.3 Å². The van der Waals surface area contributed by atoms with Gasteiger partial charge in [0.25, 0.3) is 0 Å². The average molecular weight is 353 g/mol. The van der Waals surface area contributed by atoms with Gasteiger partial charge in [-0.1, -0.05) is 12.1 Å². The zero-order chi connectivity index (χ0) is 18.3. The highest BCUT2D eigenvalue weighted by Gasteiger charge is 2.32. The maximum absolute atomic E-state index is 13.6. The minimum absolute atomic E-state index is 0.0572. The van der Waals surface area contributed by atoms with E-state index < -0.39 is 17.6 Å². The number of carbonyl (C=O) groups excluding carboxylic acids is 3. The van der Waals surface area contributed by atoms with E-state index in [1.54, 1.807) is 23.1 Å². The lowest BCUT2D eigenvalue weighted by molar-refractivity contribution is -0.133. The van der Waals surface area contributed by atoms with Crippen molar-refractivity contribution in [2.24, 2.45) is 0 Å². The van der Waals surface area contributed by atoms with Crippen molar-refractivity contribution >= 4 is 34.8 Å². The standard InChI is InChI=1S/C19H16FN3O3/c20-14-5-1-2-6-15(14)22-19(26)18(25)21-13-8-11-4-3-7-23-16(24)10-12(9-13)17(11)23/h1-2,5-6,8-9H,3-4,7,10H2,(H,21,25)(H,22,26). The van der Waals surface area contributed by atoms with Crippen LogP contribution in [0.2, 0.25) is 0 Å². The van der Waals surface area contributed by atoms with Crippen LogP contribution in [0.3, 0.4) is 0 Å². The fraction of sp³-hybridized carbons (Fsp3) is 0.211. The Morgan fingerprint density at radius 3 is 2.58 bits per heavy atom. The molecule has 0 atom stereocenters. The lowest BCUT2D eigenvalue weighted by Crippen LogP contribution is -2.31. The van der Waals surface area contributed by atoms with Crippen LogP contribution in [0.15, 0.2) is 36.4 Å². The highest BCUT2D eigenvalue weighted by atomic mass is 19.1. The lowest BCUT2D eigenvalue weighted by Gasteiger charge is -2.26. The van der Waals surface area contributed by atoms with Gasteiger partial charge in [0.1, 0.15) is 5.82 Å². The highest BCUT2D eigenvalue weighted by molar-refractivity contribution is 6.43. The summed E-state index contributed by atoms with van der Waals surface area (Å²) in [7, 11) is 0. The fourth-order valence-corrected chi connectivity index (χ4v) is 3.48. The van der Waals surface area contributed by atoms with Crippen molar-refractivity contribution in [1.29, 1.82) is 0 Å². The van der Waals surface area contributed by atoms with Gasteiger partial charge in [0.15, 0.2) is 0 Å². The molecule has 0 radical (unpaired) electrons. The molecule has 7 heteroatoms. The molecule has 0 aliphatic carbocycles. The molecule has 0 saturated heterocycles. The molecule has 2 heterocycles. The van der Waals surface area contributed by atoms with E-state index in [4.69, 9.17) is 0 Å². The van der Waals surface area contributed by atoms with Crippen LogP contribution in [0.25, 0.3) is 0 Å². The Hall–Kier alpha value is -3.22. The highest BCUT2D eigenvalue weighted by Crippen LogP contribution is 2.38. The Morgan fingerprint density at radius 1 is 1.04 bits per heavy atom. The van der Waals surface area contributed by atoms with Crippen LogP contribution in [0.1, 0.15) is 17.5 Å². The van der Waals surface area contributed by atoms with E-state index in [9.17, 15) is 18.8 Å². The summed E-state index contributed by atoms with van der Waals surface area (Å²) < 4.78 is 13.6. The number of hydrogen-bond donors (Lipinski definition) is 2. The molecule has 0 fully saturated rings. The number of nitrogens with zero attached hydrogens (tertiary/aromatic N) is 1. The van der Waals surface area contributed by atoms with Crippen LogP contribution in [0, 0.1) is 5.82 Å². The van der Waals surface area contributed by atoms with E-state index in [0.29, 0.717) is 12.1 Å². The van der Waals surface area contributed by atoms with Gasteiger partial charge in [0.2, 0.25) is 5.91 Å². The average Bonchev–Trinajstić information content (AvgIpc) is 2.94. The van der Waals surface area contributed by atoms with Crippen molar-refractivity contribution in [2.45, 2.75) is 19.3 Å². The predicted octanol–water partition coefficient (Wildman–Crippen LogP) is 2.24. The van der Waals surface area contributed by atoms with Crippen molar-refractivity contribution < 1.29 is 18.8 Å². The Balaban J connectivity index is 1.52. The van der Waals surface area contributed by atoms with Crippen LogP contribution in [0.4, 0.5) is 21.5 Å². The molecule has 0 aromatic heterocycles. The Bertz CT molecular complexity index is 942. The molecule has 0 bridgehead atoms. The second-order valence-corrected chi connectivity index (χ2v) is 6.36. The number of halogens is 1. The quantitative estimate of drug-likeness (QED) is 0.813. The Labute approximate surface area is 149 Å². The van der Waals surface area contributed by atoms with E-state index in [2.05, 4.69) is 10.6 Å². The van der Waals surface area contributed by atoms with Gasteiger partial charge >= 0.3 is 11.8 Å². The van der Waals surface area contributed by atoms with Gasteiger partial charge in [-0.25, -0.2) is 4.39 Å². The van der Waals surface area contributed by atoms with Gasteiger partial charge in [-0.3, -0.25) is 14.4 Å². The number of rotatable bonds is 2. The van der Waals surface area contributed by atoms with E-state index in [1.165, 1.54) is 18.2 Å². The van der Waals surface area contributed by atoms with Crippen molar-refractivity contribution in [3.8, 4) is 0 Å². The maximum atomic E-state index is 13.6. The van der Waals surface area contributed by atoms with Crippen molar-refractivity contribution in [3.05, 3.63) is 53.3 Å². The topological polar surface area (TPSA) is 78.5 Å². The monoisotopic (exact) mass is 353 g/mol. The first kappa shape index (κ1) is 16.3. The van der Waals surface area contributed by atoms with Gasteiger partial charge in [-0.05, 0) is 48.2 Å². The van der Waals surface area contributed by atoms with Crippen molar-refractivity contribution in [2.75, 3.05) is 22.1 Å². The van der Waals surface area contributed by atoms with Gasteiger partial charge in [-0.2, -0.15) is 0 Å². The van der Waals surface area contributed by atoms with Gasteiger partial charge < -0.3 is 15.5 Å². The Kier molecular flexibility index (Phi) is 3.91. The number of amides is 3. The SMILES string of the molecule is O=C(Nc1cc2c3c(c1)CC(=O)N3CCC2)C(=O)Nc1ccccc1F. The van der Waals surface area contributed by atoms with Crippen LogP contribution < -0.4 is 15.5 Å². The van der Waals surface area contributed by atoms with Crippen LogP contribution in [0.5, 0.6) is 0 Å². The predicted molar refractivity (Wildman–Crippen MR) is 94.5 cm³/mol. The third-order valence-electron chi connectivity index (χ3n) is 4.59. The summed E-state index contributed by atoms with van der Waals surface area (Å²) in [5.41, 5.74) is 3.19. The summed E-state index contributed by atoms with van der Waals surface area (Å²) in [6, 6.07) is 9.13. The molecule has 0 saturated carbocycles. The molecule has 2 aliphatic rings. The molecule has 3 amide bonds. The number of para-hydroxylation sites is 1. The zero-order valence-electron chi connectivity index (χ0n) is 13.8. The molecule has 0 unspecified atom stereocenters. The summed E-state index contributed by atoms with van der Waals surface area (Å²) in [6.45, 7) is 0.718. The first-order chi connectivity index (χ1) is 12.5. The van der Waals surface area contributed by atoms with Gasteiger partial charge in [0.05, 0.1) is 17.8 Å². The minimum Gasteiger partial charge on any atom is -0.318 e. The molecular weight excluding hydrogens is 337 g/mol. The molecule has 2 aliphatic heterocycles. The number of nitrogens with one attached hydrogen (secondary N) is 2. The molecule has 6 nitrogen and oxygen atoms in total. The number of carbonyl (C=O) groups is 3. The molecule has 2 N–H and O–H groups in total. The van der Waals surface area contributed by atoms with Crippen molar-refractivity contribution in [3.63, 3.8) is 0 Å². The van der Waals surface area contributed by atoms with Crippen LogP contribution >= 0.6 is 0 Å². The second kappa shape index (κ2) is 6.25. The third-order valence-corrected chi connectivity index (χ3v) is 4.59. The first-order valence-corrected chi connectivity index (χ1v) is 8.36.